The summed E-state index contributed by atoms with van der Waals surface area (Å²) in [5, 5.41) is 10.8. The number of pyridine rings is 1. The number of aromatic hydroxyl groups is 1. The van der Waals surface area contributed by atoms with Crippen molar-refractivity contribution in [1.29, 1.82) is 0 Å². The number of ether oxygens (including phenoxy) is 2. The van der Waals surface area contributed by atoms with Crippen LogP contribution in [0.25, 0.3) is 16.7 Å². The SMILES string of the molecule is C=C(OC)c1cc(O)c2ccc(OC)c(Cl)c2n1. The molecule has 0 atom stereocenters. The highest BCUT2D eigenvalue weighted by Gasteiger charge is 2.13. The van der Waals surface area contributed by atoms with Gasteiger partial charge in [0, 0.05) is 11.5 Å². The first-order valence-electron chi connectivity index (χ1n) is 5.18. The van der Waals surface area contributed by atoms with E-state index in [4.69, 9.17) is 21.1 Å². The van der Waals surface area contributed by atoms with Crippen LogP contribution < -0.4 is 4.74 Å². The van der Waals surface area contributed by atoms with E-state index in [2.05, 4.69) is 11.6 Å². The van der Waals surface area contributed by atoms with Gasteiger partial charge in [-0.15, -0.1) is 0 Å². The van der Waals surface area contributed by atoms with Gasteiger partial charge in [0.05, 0.1) is 19.7 Å². The van der Waals surface area contributed by atoms with Crippen molar-refractivity contribution in [3.05, 3.63) is 35.5 Å². The fourth-order valence-corrected chi connectivity index (χ4v) is 1.91. The molecule has 0 saturated heterocycles. The largest absolute Gasteiger partial charge is 0.507 e. The molecule has 0 bridgehead atoms. The molecule has 0 fully saturated rings. The van der Waals surface area contributed by atoms with E-state index in [9.17, 15) is 5.11 Å². The van der Waals surface area contributed by atoms with Crippen molar-refractivity contribution in [3.63, 3.8) is 0 Å². The highest BCUT2D eigenvalue weighted by atomic mass is 35.5. The average molecular weight is 266 g/mol. The first-order chi connectivity index (χ1) is 8.58. The van der Waals surface area contributed by atoms with Gasteiger partial charge in [-0.3, -0.25) is 0 Å². The van der Waals surface area contributed by atoms with E-state index in [1.54, 1.807) is 12.1 Å². The van der Waals surface area contributed by atoms with Crippen LogP contribution in [0, 0.1) is 0 Å². The van der Waals surface area contributed by atoms with Gasteiger partial charge in [0.1, 0.15) is 28.0 Å². The minimum absolute atomic E-state index is 0.0674. The van der Waals surface area contributed by atoms with Crippen LogP contribution in [0.1, 0.15) is 5.69 Å². The van der Waals surface area contributed by atoms with Gasteiger partial charge in [0.15, 0.2) is 0 Å². The summed E-state index contributed by atoms with van der Waals surface area (Å²) in [5.74, 6) is 0.917. The summed E-state index contributed by atoms with van der Waals surface area (Å²) >= 11 is 6.16. The molecule has 0 spiro atoms. The number of methoxy groups -OCH3 is 2. The van der Waals surface area contributed by atoms with Crippen molar-refractivity contribution in [2.75, 3.05) is 14.2 Å². The van der Waals surface area contributed by atoms with Crippen molar-refractivity contribution in [1.82, 2.24) is 4.98 Å². The second-order valence-electron chi connectivity index (χ2n) is 3.63. The minimum atomic E-state index is 0.0674. The molecule has 0 radical (unpaired) electrons. The Balaban J connectivity index is 2.76. The van der Waals surface area contributed by atoms with Crippen LogP contribution in [0.5, 0.6) is 11.5 Å². The molecule has 5 heteroatoms. The molecule has 0 unspecified atom stereocenters. The minimum Gasteiger partial charge on any atom is -0.507 e. The van der Waals surface area contributed by atoms with E-state index >= 15 is 0 Å². The molecular weight excluding hydrogens is 254 g/mol. The number of hydrogen-bond donors (Lipinski definition) is 1. The molecule has 0 saturated carbocycles. The number of rotatable bonds is 3. The van der Waals surface area contributed by atoms with Gasteiger partial charge in [-0.2, -0.15) is 0 Å². The Bertz CT molecular complexity index is 625. The Morgan fingerprint density at radius 1 is 1.39 bits per heavy atom. The quantitative estimate of drug-likeness (QED) is 0.866. The first kappa shape index (κ1) is 12.5. The van der Waals surface area contributed by atoms with Crippen LogP contribution in [-0.4, -0.2) is 24.3 Å². The molecule has 0 aliphatic heterocycles. The summed E-state index contributed by atoms with van der Waals surface area (Å²) in [4.78, 5) is 4.32. The Labute approximate surface area is 109 Å². The van der Waals surface area contributed by atoms with Crippen molar-refractivity contribution in [3.8, 4) is 11.5 Å². The molecule has 2 rings (SSSR count). The van der Waals surface area contributed by atoms with Crippen molar-refractivity contribution < 1.29 is 14.6 Å². The van der Waals surface area contributed by atoms with Crippen molar-refractivity contribution in [2.24, 2.45) is 0 Å². The van der Waals surface area contributed by atoms with Crippen LogP contribution in [0.15, 0.2) is 24.8 Å². The Hall–Kier alpha value is -1.94. The van der Waals surface area contributed by atoms with E-state index in [0.717, 1.165) is 0 Å². The monoisotopic (exact) mass is 265 g/mol. The predicted octanol–water partition coefficient (Wildman–Crippen LogP) is 3.22. The summed E-state index contributed by atoms with van der Waals surface area (Å²) in [7, 11) is 3.00. The smallest absolute Gasteiger partial charge is 0.139 e. The lowest BCUT2D eigenvalue weighted by atomic mass is 10.1. The molecule has 1 heterocycles. The molecule has 1 aromatic carbocycles. The van der Waals surface area contributed by atoms with Gasteiger partial charge in [-0.1, -0.05) is 18.2 Å². The van der Waals surface area contributed by atoms with Gasteiger partial charge in [-0.25, -0.2) is 4.98 Å². The van der Waals surface area contributed by atoms with E-state index in [1.807, 2.05) is 0 Å². The summed E-state index contributed by atoms with van der Waals surface area (Å²) in [6.07, 6.45) is 0. The Kier molecular flexibility index (Phi) is 3.30. The average Bonchev–Trinajstić information content (AvgIpc) is 2.38. The van der Waals surface area contributed by atoms with Crippen LogP contribution in [0.4, 0.5) is 0 Å². The second-order valence-corrected chi connectivity index (χ2v) is 4.01. The molecule has 0 aliphatic rings. The second kappa shape index (κ2) is 4.74. The predicted molar refractivity (Wildman–Crippen MR) is 71.0 cm³/mol. The highest BCUT2D eigenvalue weighted by molar-refractivity contribution is 6.36. The van der Waals surface area contributed by atoms with Crippen LogP contribution in [-0.2, 0) is 4.74 Å². The van der Waals surface area contributed by atoms with Crippen LogP contribution in [0.3, 0.4) is 0 Å². The van der Waals surface area contributed by atoms with Gasteiger partial charge < -0.3 is 14.6 Å². The lowest BCUT2D eigenvalue weighted by molar-refractivity contribution is 0.369. The Morgan fingerprint density at radius 3 is 2.72 bits per heavy atom. The number of halogens is 1. The van der Waals surface area contributed by atoms with E-state index < -0.39 is 0 Å². The summed E-state index contributed by atoms with van der Waals surface area (Å²) in [5.41, 5.74) is 0.877. The zero-order valence-electron chi connectivity index (χ0n) is 10.0. The first-order valence-corrected chi connectivity index (χ1v) is 5.55. The third-order valence-electron chi connectivity index (χ3n) is 2.61. The molecule has 2 aromatic rings. The molecule has 1 aromatic heterocycles. The molecule has 4 nitrogen and oxygen atoms in total. The molecule has 0 aliphatic carbocycles. The number of benzene rings is 1. The fourth-order valence-electron chi connectivity index (χ4n) is 1.63. The number of nitrogens with zero attached hydrogens (tertiary/aromatic N) is 1. The lowest BCUT2D eigenvalue weighted by Gasteiger charge is -2.10. The molecule has 1 N–H and O–H groups in total. The van der Waals surface area contributed by atoms with Gasteiger partial charge >= 0.3 is 0 Å². The number of aromatic nitrogens is 1. The number of hydrogen-bond acceptors (Lipinski definition) is 4. The maximum atomic E-state index is 9.95. The molecular formula is C13H12ClNO3. The van der Waals surface area contributed by atoms with E-state index in [1.165, 1.54) is 20.3 Å². The Morgan fingerprint density at radius 2 is 2.11 bits per heavy atom. The fraction of sp³-hybridized carbons (Fsp3) is 0.154. The van der Waals surface area contributed by atoms with Gasteiger partial charge in [0.25, 0.3) is 0 Å². The molecule has 18 heavy (non-hydrogen) atoms. The summed E-state index contributed by atoms with van der Waals surface area (Å²) in [6.45, 7) is 3.69. The molecule has 0 amide bonds. The van der Waals surface area contributed by atoms with Gasteiger partial charge in [-0.05, 0) is 12.1 Å². The number of fused-ring (bicyclic) bond motifs is 1. The van der Waals surface area contributed by atoms with Gasteiger partial charge in [0.2, 0.25) is 0 Å². The topological polar surface area (TPSA) is 51.6 Å². The summed E-state index contributed by atoms with van der Waals surface area (Å²) in [6, 6.07) is 4.86. The summed E-state index contributed by atoms with van der Waals surface area (Å²) < 4.78 is 10.1. The van der Waals surface area contributed by atoms with Crippen LogP contribution in [0.2, 0.25) is 5.02 Å². The maximum Gasteiger partial charge on any atom is 0.139 e. The zero-order chi connectivity index (χ0) is 13.3. The van der Waals surface area contributed by atoms with Crippen molar-refractivity contribution in [2.45, 2.75) is 0 Å². The highest BCUT2D eigenvalue weighted by Crippen LogP contribution is 2.36. The van der Waals surface area contributed by atoms with E-state index in [-0.39, 0.29) is 5.75 Å². The molecule has 94 valence electrons. The normalized spacial score (nSPS) is 10.4. The lowest BCUT2D eigenvalue weighted by Crippen LogP contribution is -1.93. The third-order valence-corrected chi connectivity index (χ3v) is 2.98. The zero-order valence-corrected chi connectivity index (χ0v) is 10.8. The van der Waals surface area contributed by atoms with Crippen molar-refractivity contribution >= 4 is 28.3 Å². The van der Waals surface area contributed by atoms with E-state index in [0.29, 0.717) is 33.1 Å². The maximum absolute atomic E-state index is 9.95. The third kappa shape index (κ3) is 1.95. The standard InChI is InChI=1S/C13H12ClNO3/c1-7(17-2)9-6-10(16)8-4-5-11(18-3)12(14)13(8)15-9/h4-6H,1H2,2-3H3,(H,15,16). The van der Waals surface area contributed by atoms with Crippen LogP contribution >= 0.6 is 11.6 Å².